The van der Waals surface area contributed by atoms with Gasteiger partial charge in [-0.15, -0.1) is 0 Å². The average Bonchev–Trinajstić information content (AvgIpc) is 2.57. The average molecular weight is 196 g/mol. The first-order valence-corrected chi connectivity index (χ1v) is 5.84. The molecule has 2 rings (SSSR count). The molecule has 2 heterocycles. The van der Waals surface area contributed by atoms with Crippen molar-refractivity contribution in [2.75, 3.05) is 26.7 Å². The van der Waals surface area contributed by atoms with Gasteiger partial charge in [0.05, 0.1) is 0 Å². The molecule has 0 unspecified atom stereocenters. The lowest BCUT2D eigenvalue weighted by Gasteiger charge is -2.35. The third-order valence-electron chi connectivity index (χ3n) is 4.16. The van der Waals surface area contributed by atoms with Gasteiger partial charge in [-0.2, -0.15) is 0 Å². The van der Waals surface area contributed by atoms with Gasteiger partial charge in [0.25, 0.3) is 0 Å². The van der Waals surface area contributed by atoms with Crippen LogP contribution in [0.5, 0.6) is 0 Å². The number of rotatable bonds is 1. The van der Waals surface area contributed by atoms with Crippen molar-refractivity contribution in [3.8, 4) is 0 Å². The van der Waals surface area contributed by atoms with Crippen molar-refractivity contribution in [1.29, 1.82) is 0 Å². The summed E-state index contributed by atoms with van der Waals surface area (Å²) in [5.74, 6) is 0. The lowest BCUT2D eigenvalue weighted by molar-refractivity contribution is 0.151. The van der Waals surface area contributed by atoms with E-state index in [1.165, 1.54) is 32.5 Å². The molecular weight excluding hydrogens is 172 g/mol. The van der Waals surface area contributed by atoms with Gasteiger partial charge in [-0.1, -0.05) is 20.8 Å². The Labute approximate surface area is 88.1 Å². The van der Waals surface area contributed by atoms with Crippen molar-refractivity contribution < 1.29 is 0 Å². The molecule has 2 saturated heterocycles. The van der Waals surface area contributed by atoms with Gasteiger partial charge in [-0.3, -0.25) is 0 Å². The van der Waals surface area contributed by atoms with Crippen LogP contribution in [-0.4, -0.2) is 37.6 Å². The molecule has 0 aromatic rings. The zero-order valence-corrected chi connectivity index (χ0v) is 10.1. The third kappa shape index (κ3) is 1.70. The van der Waals surface area contributed by atoms with Gasteiger partial charge in [-0.25, -0.2) is 0 Å². The molecule has 0 radical (unpaired) electrons. The van der Waals surface area contributed by atoms with Gasteiger partial charge in [0.15, 0.2) is 0 Å². The Morgan fingerprint density at radius 2 is 2.00 bits per heavy atom. The summed E-state index contributed by atoms with van der Waals surface area (Å²) in [6.45, 7) is 10.9. The van der Waals surface area contributed by atoms with Gasteiger partial charge < -0.3 is 10.2 Å². The van der Waals surface area contributed by atoms with Crippen LogP contribution in [-0.2, 0) is 0 Å². The van der Waals surface area contributed by atoms with Crippen molar-refractivity contribution >= 4 is 0 Å². The highest BCUT2D eigenvalue weighted by Crippen LogP contribution is 2.43. The van der Waals surface area contributed by atoms with Crippen LogP contribution < -0.4 is 5.32 Å². The summed E-state index contributed by atoms with van der Waals surface area (Å²) in [7, 11) is 2.29. The van der Waals surface area contributed by atoms with Crippen LogP contribution >= 0.6 is 0 Å². The Balaban J connectivity index is 2.11. The lowest BCUT2D eigenvalue weighted by Crippen LogP contribution is -2.41. The fraction of sp³-hybridized carbons (Fsp3) is 1.00. The Morgan fingerprint density at radius 3 is 2.43 bits per heavy atom. The molecule has 0 aliphatic carbocycles. The second-order valence-electron chi connectivity index (χ2n) is 6.38. The van der Waals surface area contributed by atoms with Crippen molar-refractivity contribution in [3.63, 3.8) is 0 Å². The van der Waals surface area contributed by atoms with E-state index < -0.39 is 0 Å². The van der Waals surface area contributed by atoms with Crippen LogP contribution in [0.3, 0.4) is 0 Å². The molecular formula is C12H24N2. The standard InChI is InChI=1S/C12H24N2/c1-11(2)7-10(14(4)9-11)12(3)5-6-13-8-12/h10,13H,5-9H2,1-4H3/t10-,12+/m0/s1. The number of nitrogens with one attached hydrogen (secondary N) is 1. The summed E-state index contributed by atoms with van der Waals surface area (Å²) >= 11 is 0. The van der Waals surface area contributed by atoms with E-state index in [2.05, 4.69) is 38.0 Å². The second-order valence-corrected chi connectivity index (χ2v) is 6.38. The largest absolute Gasteiger partial charge is 0.316 e. The molecule has 2 aliphatic heterocycles. The molecule has 0 aromatic heterocycles. The van der Waals surface area contributed by atoms with Crippen molar-refractivity contribution in [2.45, 2.75) is 39.7 Å². The van der Waals surface area contributed by atoms with E-state index in [1.807, 2.05) is 0 Å². The minimum Gasteiger partial charge on any atom is -0.316 e. The van der Waals surface area contributed by atoms with Gasteiger partial charge in [0, 0.05) is 19.1 Å². The monoisotopic (exact) mass is 196 g/mol. The normalized spacial score (nSPS) is 43.3. The zero-order chi connectivity index (χ0) is 10.4. The van der Waals surface area contributed by atoms with Crippen molar-refractivity contribution in [2.24, 2.45) is 10.8 Å². The van der Waals surface area contributed by atoms with Crippen molar-refractivity contribution in [1.82, 2.24) is 10.2 Å². The molecule has 0 saturated carbocycles. The maximum absolute atomic E-state index is 3.51. The van der Waals surface area contributed by atoms with E-state index >= 15 is 0 Å². The smallest absolute Gasteiger partial charge is 0.0164 e. The number of hydrogen-bond donors (Lipinski definition) is 1. The quantitative estimate of drug-likeness (QED) is 0.687. The molecule has 2 atom stereocenters. The highest BCUT2D eigenvalue weighted by molar-refractivity contribution is 5.01. The van der Waals surface area contributed by atoms with Crippen LogP contribution in [0.2, 0.25) is 0 Å². The van der Waals surface area contributed by atoms with Crippen LogP contribution in [0.1, 0.15) is 33.6 Å². The summed E-state index contributed by atoms with van der Waals surface area (Å²) in [6.07, 6.45) is 2.71. The first-order valence-electron chi connectivity index (χ1n) is 5.84. The molecule has 2 heteroatoms. The first-order chi connectivity index (χ1) is 6.43. The van der Waals surface area contributed by atoms with E-state index in [0.717, 1.165) is 6.04 Å². The summed E-state index contributed by atoms with van der Waals surface area (Å²) < 4.78 is 0. The Morgan fingerprint density at radius 1 is 1.29 bits per heavy atom. The number of nitrogens with zero attached hydrogens (tertiary/aromatic N) is 1. The Bertz CT molecular complexity index is 216. The van der Waals surface area contributed by atoms with E-state index in [4.69, 9.17) is 0 Å². The Kier molecular flexibility index (Phi) is 2.39. The predicted octanol–water partition coefficient (Wildman–Crippen LogP) is 1.72. The number of likely N-dealkylation sites (tertiary alicyclic amines) is 1. The van der Waals surface area contributed by atoms with Gasteiger partial charge >= 0.3 is 0 Å². The van der Waals surface area contributed by atoms with Crippen molar-refractivity contribution in [3.05, 3.63) is 0 Å². The highest BCUT2D eigenvalue weighted by atomic mass is 15.2. The molecule has 0 amide bonds. The van der Waals surface area contributed by atoms with Crippen LogP contribution in [0.4, 0.5) is 0 Å². The number of hydrogen-bond acceptors (Lipinski definition) is 2. The summed E-state index contributed by atoms with van der Waals surface area (Å²) in [5, 5.41) is 3.51. The first kappa shape index (κ1) is 10.4. The SMILES string of the molecule is CN1CC(C)(C)C[C@H]1[C@]1(C)CCNC1. The fourth-order valence-corrected chi connectivity index (χ4v) is 3.43. The van der Waals surface area contributed by atoms with Gasteiger partial charge in [0.2, 0.25) is 0 Å². The van der Waals surface area contributed by atoms with Gasteiger partial charge in [-0.05, 0) is 37.3 Å². The molecule has 0 bridgehead atoms. The van der Waals surface area contributed by atoms with E-state index in [9.17, 15) is 0 Å². The second kappa shape index (κ2) is 3.21. The lowest BCUT2D eigenvalue weighted by atomic mass is 9.76. The maximum atomic E-state index is 3.51. The third-order valence-corrected chi connectivity index (χ3v) is 4.16. The minimum absolute atomic E-state index is 0.516. The zero-order valence-electron chi connectivity index (χ0n) is 10.1. The van der Waals surface area contributed by atoms with Crippen LogP contribution in [0.25, 0.3) is 0 Å². The van der Waals surface area contributed by atoms with Crippen LogP contribution in [0, 0.1) is 10.8 Å². The summed E-state index contributed by atoms with van der Waals surface area (Å²) in [4.78, 5) is 2.58. The van der Waals surface area contributed by atoms with E-state index in [1.54, 1.807) is 0 Å². The molecule has 2 aliphatic rings. The molecule has 2 fully saturated rings. The molecule has 2 nitrogen and oxygen atoms in total. The molecule has 0 spiro atoms. The molecule has 14 heavy (non-hydrogen) atoms. The summed E-state index contributed by atoms with van der Waals surface area (Å²) in [6, 6.07) is 0.785. The molecule has 1 N–H and O–H groups in total. The van der Waals surface area contributed by atoms with Crippen LogP contribution in [0.15, 0.2) is 0 Å². The van der Waals surface area contributed by atoms with E-state index in [0.29, 0.717) is 10.8 Å². The minimum atomic E-state index is 0.516. The Hall–Kier alpha value is -0.0800. The highest BCUT2D eigenvalue weighted by Gasteiger charge is 2.46. The fourth-order valence-electron chi connectivity index (χ4n) is 3.43. The topological polar surface area (TPSA) is 15.3 Å². The molecule has 0 aromatic carbocycles. The predicted molar refractivity (Wildman–Crippen MR) is 60.4 cm³/mol. The molecule has 82 valence electrons. The van der Waals surface area contributed by atoms with E-state index in [-0.39, 0.29) is 0 Å². The summed E-state index contributed by atoms with van der Waals surface area (Å²) in [5.41, 5.74) is 1.04. The maximum Gasteiger partial charge on any atom is 0.0164 e. The van der Waals surface area contributed by atoms with Gasteiger partial charge in [0.1, 0.15) is 0 Å².